The number of amides is 1. The fourth-order valence-corrected chi connectivity index (χ4v) is 2.44. The number of nitrogens with zero attached hydrogens (tertiary/aromatic N) is 2. The van der Waals surface area contributed by atoms with E-state index in [0.29, 0.717) is 17.8 Å². The lowest BCUT2D eigenvalue weighted by molar-refractivity contribution is -0.121. The number of hydrogen-bond acceptors (Lipinski definition) is 3. The Kier molecular flexibility index (Phi) is 4.91. The van der Waals surface area contributed by atoms with Gasteiger partial charge in [-0.3, -0.25) is 14.8 Å². The van der Waals surface area contributed by atoms with E-state index in [1.54, 1.807) is 36.7 Å². The lowest BCUT2D eigenvalue weighted by Gasteiger charge is -2.17. The highest BCUT2D eigenvalue weighted by Gasteiger charge is 2.23. The van der Waals surface area contributed by atoms with Crippen molar-refractivity contribution >= 4 is 5.91 Å². The molecule has 0 aliphatic rings. The molecule has 3 aromatic rings. The average Bonchev–Trinajstić information content (AvgIpc) is 2.64. The Bertz CT molecular complexity index is 792. The summed E-state index contributed by atoms with van der Waals surface area (Å²) in [5.74, 6) is -1.14. The molecular formula is C19H16FN3O. The number of halogens is 1. The molecule has 0 saturated heterocycles. The van der Waals surface area contributed by atoms with E-state index >= 15 is 0 Å². The van der Waals surface area contributed by atoms with Gasteiger partial charge in [0.1, 0.15) is 11.7 Å². The zero-order chi connectivity index (χ0) is 16.8. The molecule has 0 radical (unpaired) electrons. The number of aromatic nitrogens is 2. The SMILES string of the molecule is O=C(NCc1ccccn1)C(c1ccc(F)cc1)c1ccccn1. The van der Waals surface area contributed by atoms with Gasteiger partial charge in [-0.1, -0.05) is 24.3 Å². The maximum atomic E-state index is 13.2. The predicted octanol–water partition coefficient (Wildman–Crippen LogP) is 3.06. The molecule has 24 heavy (non-hydrogen) atoms. The van der Waals surface area contributed by atoms with Crippen LogP contribution >= 0.6 is 0 Å². The van der Waals surface area contributed by atoms with Crippen LogP contribution in [0.25, 0.3) is 0 Å². The summed E-state index contributed by atoms with van der Waals surface area (Å²) < 4.78 is 13.2. The minimum atomic E-state index is -0.601. The molecule has 0 fully saturated rings. The molecule has 1 amide bonds. The van der Waals surface area contributed by atoms with Crippen LogP contribution in [0.3, 0.4) is 0 Å². The van der Waals surface area contributed by atoms with Crippen LogP contribution in [-0.2, 0) is 11.3 Å². The number of pyridine rings is 2. The molecule has 2 heterocycles. The van der Waals surface area contributed by atoms with Gasteiger partial charge >= 0.3 is 0 Å². The molecule has 1 aromatic carbocycles. The van der Waals surface area contributed by atoms with E-state index in [9.17, 15) is 9.18 Å². The highest BCUT2D eigenvalue weighted by Crippen LogP contribution is 2.23. The van der Waals surface area contributed by atoms with Gasteiger partial charge in [0, 0.05) is 12.4 Å². The normalized spacial score (nSPS) is 11.7. The summed E-state index contributed by atoms with van der Waals surface area (Å²) >= 11 is 0. The molecule has 2 aromatic heterocycles. The third-order valence-electron chi connectivity index (χ3n) is 3.62. The Labute approximate surface area is 139 Å². The summed E-state index contributed by atoms with van der Waals surface area (Å²) in [7, 11) is 0. The summed E-state index contributed by atoms with van der Waals surface area (Å²) in [4.78, 5) is 21.2. The van der Waals surface area contributed by atoms with Crippen LogP contribution in [0.5, 0.6) is 0 Å². The van der Waals surface area contributed by atoms with Gasteiger partial charge < -0.3 is 5.32 Å². The third-order valence-corrected chi connectivity index (χ3v) is 3.62. The number of benzene rings is 1. The Morgan fingerprint density at radius 1 is 0.958 bits per heavy atom. The molecule has 4 nitrogen and oxygen atoms in total. The van der Waals surface area contributed by atoms with E-state index in [4.69, 9.17) is 0 Å². The quantitative estimate of drug-likeness (QED) is 0.786. The van der Waals surface area contributed by atoms with E-state index in [2.05, 4.69) is 15.3 Å². The second-order valence-electron chi connectivity index (χ2n) is 5.28. The van der Waals surface area contributed by atoms with Gasteiger partial charge in [-0.15, -0.1) is 0 Å². The van der Waals surface area contributed by atoms with Crippen molar-refractivity contribution in [2.24, 2.45) is 0 Å². The highest BCUT2D eigenvalue weighted by molar-refractivity contribution is 5.86. The van der Waals surface area contributed by atoms with Gasteiger partial charge in [0.05, 0.1) is 17.9 Å². The van der Waals surface area contributed by atoms with Gasteiger partial charge in [-0.2, -0.15) is 0 Å². The van der Waals surface area contributed by atoms with Gasteiger partial charge in [0.25, 0.3) is 0 Å². The number of carbonyl (C=O) groups excluding carboxylic acids is 1. The first kappa shape index (κ1) is 15.8. The summed E-state index contributed by atoms with van der Waals surface area (Å²) in [5, 5.41) is 2.88. The molecule has 0 aliphatic heterocycles. The molecule has 1 atom stereocenters. The number of rotatable bonds is 5. The monoisotopic (exact) mass is 321 g/mol. The third kappa shape index (κ3) is 3.81. The van der Waals surface area contributed by atoms with Crippen LogP contribution in [0.2, 0.25) is 0 Å². The first-order valence-corrected chi connectivity index (χ1v) is 7.58. The van der Waals surface area contributed by atoms with Crippen LogP contribution in [0.4, 0.5) is 4.39 Å². The van der Waals surface area contributed by atoms with E-state index < -0.39 is 5.92 Å². The zero-order valence-corrected chi connectivity index (χ0v) is 12.9. The van der Waals surface area contributed by atoms with Gasteiger partial charge in [0.15, 0.2) is 0 Å². The van der Waals surface area contributed by atoms with Crippen LogP contribution in [0.1, 0.15) is 22.9 Å². The van der Waals surface area contributed by atoms with Crippen molar-refractivity contribution in [1.29, 1.82) is 0 Å². The zero-order valence-electron chi connectivity index (χ0n) is 12.9. The molecule has 0 saturated carbocycles. The molecular weight excluding hydrogens is 305 g/mol. The van der Waals surface area contributed by atoms with E-state index in [0.717, 1.165) is 5.69 Å². The van der Waals surface area contributed by atoms with Gasteiger partial charge in [-0.05, 0) is 42.0 Å². The topological polar surface area (TPSA) is 54.9 Å². The smallest absolute Gasteiger partial charge is 0.233 e. The molecule has 0 spiro atoms. The van der Waals surface area contributed by atoms with Crippen molar-refractivity contribution in [1.82, 2.24) is 15.3 Å². The lowest BCUT2D eigenvalue weighted by Crippen LogP contribution is -2.30. The molecule has 0 aliphatic carbocycles. The summed E-state index contributed by atoms with van der Waals surface area (Å²) in [5.41, 5.74) is 2.07. The van der Waals surface area contributed by atoms with Gasteiger partial charge in [-0.25, -0.2) is 4.39 Å². The second-order valence-corrected chi connectivity index (χ2v) is 5.28. The number of carbonyl (C=O) groups is 1. The number of hydrogen-bond donors (Lipinski definition) is 1. The van der Waals surface area contributed by atoms with Crippen molar-refractivity contribution in [2.75, 3.05) is 0 Å². The minimum Gasteiger partial charge on any atom is -0.350 e. The standard InChI is InChI=1S/C19H16FN3O/c20-15-9-7-14(8-10-15)18(17-6-2-4-12-22-17)19(24)23-13-16-5-1-3-11-21-16/h1-12,18H,13H2,(H,23,24). The Hall–Kier alpha value is -3.08. The molecule has 0 bridgehead atoms. The van der Waals surface area contributed by atoms with Crippen LogP contribution < -0.4 is 5.32 Å². The molecule has 3 rings (SSSR count). The maximum absolute atomic E-state index is 13.2. The summed E-state index contributed by atoms with van der Waals surface area (Å²) in [6.45, 7) is 0.324. The van der Waals surface area contributed by atoms with Crippen molar-refractivity contribution in [3.8, 4) is 0 Å². The van der Waals surface area contributed by atoms with Crippen molar-refractivity contribution in [3.05, 3.63) is 95.8 Å². The highest BCUT2D eigenvalue weighted by atomic mass is 19.1. The fourth-order valence-electron chi connectivity index (χ4n) is 2.44. The second kappa shape index (κ2) is 7.46. The van der Waals surface area contributed by atoms with Crippen molar-refractivity contribution in [2.45, 2.75) is 12.5 Å². The van der Waals surface area contributed by atoms with Crippen molar-refractivity contribution in [3.63, 3.8) is 0 Å². The summed E-state index contributed by atoms with van der Waals surface area (Å²) in [6, 6.07) is 16.8. The average molecular weight is 321 g/mol. The molecule has 5 heteroatoms. The largest absolute Gasteiger partial charge is 0.350 e. The van der Waals surface area contributed by atoms with Crippen LogP contribution in [0, 0.1) is 5.82 Å². The Balaban J connectivity index is 1.84. The molecule has 1 unspecified atom stereocenters. The molecule has 120 valence electrons. The van der Waals surface area contributed by atoms with E-state index in [1.165, 1.54) is 12.1 Å². The van der Waals surface area contributed by atoms with Gasteiger partial charge in [0.2, 0.25) is 5.91 Å². The van der Waals surface area contributed by atoms with E-state index in [1.807, 2.05) is 24.3 Å². The number of nitrogens with one attached hydrogen (secondary N) is 1. The lowest BCUT2D eigenvalue weighted by atomic mass is 9.94. The van der Waals surface area contributed by atoms with Crippen LogP contribution in [-0.4, -0.2) is 15.9 Å². The first-order valence-electron chi connectivity index (χ1n) is 7.58. The maximum Gasteiger partial charge on any atom is 0.233 e. The Morgan fingerprint density at radius 3 is 2.29 bits per heavy atom. The summed E-state index contributed by atoms with van der Waals surface area (Å²) in [6.07, 6.45) is 3.32. The first-order chi connectivity index (χ1) is 11.7. The Morgan fingerprint density at radius 2 is 1.67 bits per heavy atom. The van der Waals surface area contributed by atoms with Crippen LogP contribution in [0.15, 0.2) is 73.1 Å². The van der Waals surface area contributed by atoms with E-state index in [-0.39, 0.29) is 11.7 Å². The minimum absolute atomic E-state index is 0.203. The fraction of sp³-hybridized carbons (Fsp3) is 0.105. The molecule has 1 N–H and O–H groups in total. The predicted molar refractivity (Wildman–Crippen MR) is 88.6 cm³/mol. The van der Waals surface area contributed by atoms with Crippen molar-refractivity contribution < 1.29 is 9.18 Å².